The molecule has 27 heavy (non-hydrogen) atoms. The number of halogens is 1. The van der Waals surface area contributed by atoms with Crippen LogP contribution in [0.2, 0.25) is 0 Å². The number of benzene rings is 2. The summed E-state index contributed by atoms with van der Waals surface area (Å²) in [6.45, 7) is -0.437. The van der Waals surface area contributed by atoms with Gasteiger partial charge in [-0.2, -0.15) is 0 Å². The van der Waals surface area contributed by atoms with Crippen molar-refractivity contribution in [2.45, 2.75) is 30.4 Å². The van der Waals surface area contributed by atoms with Crippen LogP contribution >= 0.6 is 0 Å². The number of hydrogen-bond donors (Lipinski definition) is 2. The first kappa shape index (κ1) is 19.3. The number of carbonyl (C=O) groups is 2. The standard InChI is InChI=1S/C19H20FNO5S/c20-16-8-6-13(14-4-1-2-5-15(14)16)7-9-17(22)21-12-19(18(23)24)10-3-11-27(19,25)26/h1-2,4-6,8H,3,7,9-12H2,(H,21,22)(H,23,24). The summed E-state index contributed by atoms with van der Waals surface area (Å²) >= 11 is 0. The molecule has 1 saturated heterocycles. The fourth-order valence-corrected chi connectivity index (χ4v) is 5.46. The molecule has 1 heterocycles. The SMILES string of the molecule is O=C(CCc1ccc(F)c2ccccc12)NCC1(C(=O)O)CCCS1(=O)=O. The van der Waals surface area contributed by atoms with E-state index in [9.17, 15) is 27.5 Å². The summed E-state index contributed by atoms with van der Waals surface area (Å²) < 4.78 is 36.2. The number of aryl methyl sites for hydroxylation is 1. The lowest BCUT2D eigenvalue weighted by Crippen LogP contribution is -2.52. The molecule has 8 heteroatoms. The van der Waals surface area contributed by atoms with Crippen molar-refractivity contribution < 1.29 is 27.5 Å². The summed E-state index contributed by atoms with van der Waals surface area (Å²) in [5.74, 6) is -2.39. The number of carboxylic acids is 1. The first-order chi connectivity index (χ1) is 12.8. The zero-order valence-corrected chi connectivity index (χ0v) is 15.4. The van der Waals surface area contributed by atoms with Gasteiger partial charge in [-0.25, -0.2) is 12.8 Å². The summed E-state index contributed by atoms with van der Waals surface area (Å²) in [5, 5.41) is 13.0. The fourth-order valence-electron chi connectivity index (χ4n) is 3.53. The molecule has 144 valence electrons. The zero-order chi connectivity index (χ0) is 19.7. The van der Waals surface area contributed by atoms with Crippen LogP contribution in [0.3, 0.4) is 0 Å². The summed E-state index contributed by atoms with van der Waals surface area (Å²) in [6.07, 6.45) is 0.643. The number of fused-ring (bicyclic) bond motifs is 1. The molecule has 1 amide bonds. The highest BCUT2D eigenvalue weighted by Crippen LogP contribution is 2.32. The van der Waals surface area contributed by atoms with Crippen molar-refractivity contribution >= 4 is 32.5 Å². The second kappa shape index (κ2) is 7.26. The third-order valence-electron chi connectivity index (χ3n) is 5.13. The predicted octanol–water partition coefficient (Wildman–Crippen LogP) is 2.06. The van der Waals surface area contributed by atoms with E-state index in [0.29, 0.717) is 17.2 Å². The second-order valence-corrected chi connectivity index (χ2v) is 9.17. The van der Waals surface area contributed by atoms with Gasteiger partial charge >= 0.3 is 5.97 Å². The molecule has 1 atom stereocenters. The Labute approximate surface area is 156 Å². The third-order valence-corrected chi connectivity index (χ3v) is 7.67. The number of amides is 1. The fraction of sp³-hybridized carbons (Fsp3) is 0.368. The molecule has 1 unspecified atom stereocenters. The number of aliphatic carboxylic acids is 1. The van der Waals surface area contributed by atoms with Crippen LogP contribution in [0.1, 0.15) is 24.8 Å². The van der Waals surface area contributed by atoms with Crippen molar-refractivity contribution in [2.24, 2.45) is 0 Å². The maximum atomic E-state index is 13.9. The van der Waals surface area contributed by atoms with Crippen molar-refractivity contribution in [3.8, 4) is 0 Å². The van der Waals surface area contributed by atoms with E-state index in [-0.39, 0.29) is 30.8 Å². The number of carbonyl (C=O) groups excluding carboxylic acids is 1. The van der Waals surface area contributed by atoms with Crippen molar-refractivity contribution in [2.75, 3.05) is 12.3 Å². The molecule has 2 N–H and O–H groups in total. The molecule has 2 aromatic carbocycles. The molecule has 3 rings (SSSR count). The van der Waals surface area contributed by atoms with Crippen LogP contribution in [-0.2, 0) is 25.8 Å². The van der Waals surface area contributed by atoms with E-state index in [2.05, 4.69) is 5.32 Å². The minimum atomic E-state index is -3.80. The summed E-state index contributed by atoms with van der Waals surface area (Å²) in [4.78, 5) is 23.7. The maximum Gasteiger partial charge on any atom is 0.326 e. The predicted molar refractivity (Wildman–Crippen MR) is 98.6 cm³/mol. The van der Waals surface area contributed by atoms with Gasteiger partial charge in [0.05, 0.1) is 5.75 Å². The molecule has 0 aromatic heterocycles. The Hall–Kier alpha value is -2.48. The lowest BCUT2D eigenvalue weighted by atomic mass is 10.00. The largest absolute Gasteiger partial charge is 0.480 e. The van der Waals surface area contributed by atoms with Gasteiger partial charge in [0.15, 0.2) is 14.6 Å². The smallest absolute Gasteiger partial charge is 0.326 e. The van der Waals surface area contributed by atoms with Gasteiger partial charge in [0.1, 0.15) is 5.82 Å². The van der Waals surface area contributed by atoms with Gasteiger partial charge in [-0.15, -0.1) is 0 Å². The van der Waals surface area contributed by atoms with Crippen LogP contribution in [0.5, 0.6) is 0 Å². The lowest BCUT2D eigenvalue weighted by molar-refractivity contribution is -0.140. The summed E-state index contributed by atoms with van der Waals surface area (Å²) in [5.41, 5.74) is 0.795. The van der Waals surface area contributed by atoms with Crippen molar-refractivity contribution in [3.63, 3.8) is 0 Å². The van der Waals surface area contributed by atoms with Crippen LogP contribution in [0.15, 0.2) is 36.4 Å². The number of rotatable bonds is 6. The maximum absolute atomic E-state index is 13.9. The second-order valence-electron chi connectivity index (χ2n) is 6.75. The first-order valence-electron chi connectivity index (χ1n) is 8.65. The van der Waals surface area contributed by atoms with Gasteiger partial charge in [-0.1, -0.05) is 30.3 Å². The number of sulfone groups is 1. The zero-order valence-electron chi connectivity index (χ0n) is 14.6. The topological polar surface area (TPSA) is 101 Å². The Morgan fingerprint density at radius 2 is 1.85 bits per heavy atom. The molecule has 6 nitrogen and oxygen atoms in total. The summed E-state index contributed by atoms with van der Waals surface area (Å²) in [6, 6.07) is 9.92. The van der Waals surface area contributed by atoms with Gasteiger partial charge in [0, 0.05) is 18.4 Å². The number of hydrogen-bond acceptors (Lipinski definition) is 4. The third kappa shape index (κ3) is 3.53. The van der Waals surface area contributed by atoms with Crippen LogP contribution in [0.4, 0.5) is 4.39 Å². The van der Waals surface area contributed by atoms with Gasteiger partial charge in [0.25, 0.3) is 0 Å². The van der Waals surface area contributed by atoms with Gasteiger partial charge < -0.3 is 10.4 Å². The monoisotopic (exact) mass is 393 g/mol. The van der Waals surface area contributed by atoms with Crippen LogP contribution in [0.25, 0.3) is 10.8 Å². The Morgan fingerprint density at radius 1 is 1.15 bits per heavy atom. The van der Waals surface area contributed by atoms with Gasteiger partial charge in [-0.3, -0.25) is 9.59 Å². The highest BCUT2D eigenvalue weighted by Gasteiger charge is 2.54. The minimum absolute atomic E-state index is 0.00640. The first-order valence-corrected chi connectivity index (χ1v) is 10.3. The molecule has 1 fully saturated rings. The molecule has 2 aromatic rings. The van der Waals surface area contributed by atoms with E-state index in [1.165, 1.54) is 6.07 Å². The summed E-state index contributed by atoms with van der Waals surface area (Å²) in [7, 11) is -3.80. The molecule has 0 saturated carbocycles. The van der Waals surface area contributed by atoms with Gasteiger partial charge in [-0.05, 0) is 36.3 Å². The minimum Gasteiger partial charge on any atom is -0.480 e. The highest BCUT2D eigenvalue weighted by molar-refractivity contribution is 7.93. The average Bonchev–Trinajstić information content (AvgIpc) is 2.95. The number of nitrogens with one attached hydrogen (secondary N) is 1. The van der Waals surface area contributed by atoms with Crippen molar-refractivity contribution in [1.82, 2.24) is 5.32 Å². The molecule has 1 aliphatic heterocycles. The van der Waals surface area contributed by atoms with E-state index in [4.69, 9.17) is 0 Å². The molecule has 0 bridgehead atoms. The van der Waals surface area contributed by atoms with Crippen LogP contribution < -0.4 is 5.32 Å². The van der Waals surface area contributed by atoms with Crippen LogP contribution in [0, 0.1) is 5.82 Å². The quantitative estimate of drug-likeness (QED) is 0.782. The molecule has 0 spiro atoms. The average molecular weight is 393 g/mol. The van der Waals surface area contributed by atoms with E-state index in [1.807, 2.05) is 0 Å². The molecular formula is C19H20FNO5S. The van der Waals surface area contributed by atoms with Crippen molar-refractivity contribution in [3.05, 3.63) is 47.8 Å². The Morgan fingerprint density at radius 3 is 2.48 bits per heavy atom. The normalized spacial score (nSPS) is 21.2. The van der Waals surface area contributed by atoms with E-state index >= 15 is 0 Å². The highest BCUT2D eigenvalue weighted by atomic mass is 32.2. The molecule has 0 aliphatic carbocycles. The lowest BCUT2D eigenvalue weighted by Gasteiger charge is -2.23. The van der Waals surface area contributed by atoms with Gasteiger partial charge in [0.2, 0.25) is 5.91 Å². The van der Waals surface area contributed by atoms with E-state index in [0.717, 1.165) is 5.56 Å². The van der Waals surface area contributed by atoms with E-state index in [1.54, 1.807) is 30.3 Å². The Bertz CT molecular complexity index is 1000. The molecular weight excluding hydrogens is 373 g/mol. The molecule has 0 radical (unpaired) electrons. The van der Waals surface area contributed by atoms with Crippen molar-refractivity contribution in [1.29, 1.82) is 0 Å². The van der Waals surface area contributed by atoms with Crippen LogP contribution in [-0.4, -0.2) is 42.4 Å². The number of carboxylic acid groups (broad SMARTS) is 1. The molecule has 1 aliphatic rings. The van der Waals surface area contributed by atoms with E-state index < -0.39 is 33.0 Å². The Kier molecular flexibility index (Phi) is 5.19. The Balaban J connectivity index is 1.67.